The number of carbonyl (C=O) groups excluding carboxylic acids is 1. The normalized spacial score (nSPS) is 25.1. The first-order valence-electron chi connectivity index (χ1n) is 11.1. The van der Waals surface area contributed by atoms with Crippen molar-refractivity contribution in [3.8, 4) is 0 Å². The molecule has 156 valence electrons. The quantitative estimate of drug-likeness (QED) is 0.700. The molecule has 0 N–H and O–H groups in total. The van der Waals surface area contributed by atoms with Crippen molar-refractivity contribution in [3.05, 3.63) is 34.0 Å². The van der Waals surface area contributed by atoms with Crippen molar-refractivity contribution < 1.29 is 4.79 Å². The maximum absolute atomic E-state index is 13.4. The zero-order chi connectivity index (χ0) is 20.0. The van der Waals surface area contributed by atoms with E-state index in [2.05, 4.69) is 39.9 Å². The Hall–Kier alpha value is -1.73. The predicted molar refractivity (Wildman–Crippen MR) is 114 cm³/mol. The monoisotopic (exact) mass is 413 g/mol. The van der Waals surface area contributed by atoms with Crippen LogP contribution < -0.4 is 0 Å². The van der Waals surface area contributed by atoms with Crippen molar-refractivity contribution in [2.24, 2.45) is 5.41 Å². The van der Waals surface area contributed by atoms with E-state index in [1.165, 1.54) is 23.3 Å². The number of likely N-dealkylation sites (tertiary alicyclic amines) is 2. The zero-order valence-corrected chi connectivity index (χ0v) is 18.3. The highest BCUT2D eigenvalue weighted by atomic mass is 32.1. The summed E-state index contributed by atoms with van der Waals surface area (Å²) in [6.07, 6.45) is 10.8. The molecule has 1 amide bonds. The summed E-state index contributed by atoms with van der Waals surface area (Å²) in [6, 6.07) is 0.638. The van der Waals surface area contributed by atoms with Crippen LogP contribution in [0.1, 0.15) is 67.6 Å². The predicted octanol–water partition coefficient (Wildman–Crippen LogP) is 3.78. The first-order chi connectivity index (χ1) is 14.1. The molecule has 0 radical (unpaired) electrons. The van der Waals surface area contributed by atoms with E-state index in [9.17, 15) is 4.79 Å². The Kier molecular flexibility index (Phi) is 4.98. The smallest absolute Gasteiger partial charge is 0.232 e. The molecule has 1 spiro atoms. The van der Waals surface area contributed by atoms with E-state index in [1.54, 1.807) is 11.3 Å². The second kappa shape index (κ2) is 7.51. The number of aromatic nitrogens is 3. The third kappa shape index (κ3) is 3.13. The van der Waals surface area contributed by atoms with Gasteiger partial charge in [0.05, 0.1) is 33.7 Å². The molecule has 1 aliphatic carbocycles. The number of carbonyl (C=O) groups is 1. The van der Waals surface area contributed by atoms with Crippen molar-refractivity contribution in [1.82, 2.24) is 24.6 Å². The van der Waals surface area contributed by atoms with Gasteiger partial charge in [-0.1, -0.05) is 12.8 Å². The summed E-state index contributed by atoms with van der Waals surface area (Å²) in [6.45, 7) is 8.20. The van der Waals surface area contributed by atoms with Crippen LogP contribution in [0, 0.1) is 12.3 Å². The summed E-state index contributed by atoms with van der Waals surface area (Å²) < 4.78 is 1.99. The minimum absolute atomic E-state index is 0.122. The van der Waals surface area contributed by atoms with Gasteiger partial charge in [-0.25, -0.2) is 4.98 Å². The number of hydrogen-bond donors (Lipinski definition) is 0. The number of β-lactam (4-membered cyclic amide) rings is 1. The highest BCUT2D eigenvalue weighted by molar-refractivity contribution is 7.09. The molecular weight excluding hydrogens is 382 g/mol. The second-order valence-corrected chi connectivity index (χ2v) is 9.88. The maximum atomic E-state index is 13.4. The Morgan fingerprint density at radius 1 is 1.24 bits per heavy atom. The summed E-state index contributed by atoms with van der Waals surface area (Å²) in [5.74, 6) is 0.426. The molecule has 29 heavy (non-hydrogen) atoms. The molecule has 5 rings (SSSR count). The molecular formula is C22H31N5OS. The largest absolute Gasteiger partial charge is 0.330 e. The van der Waals surface area contributed by atoms with Crippen LogP contribution in [0.25, 0.3) is 0 Å². The van der Waals surface area contributed by atoms with Crippen LogP contribution in [0.5, 0.6) is 0 Å². The van der Waals surface area contributed by atoms with Crippen LogP contribution in [-0.4, -0.2) is 49.6 Å². The summed E-state index contributed by atoms with van der Waals surface area (Å²) in [4.78, 5) is 24.0. The summed E-state index contributed by atoms with van der Waals surface area (Å²) in [7, 11) is 0. The molecule has 6 nitrogen and oxygen atoms in total. The lowest BCUT2D eigenvalue weighted by molar-refractivity contribution is -0.180. The van der Waals surface area contributed by atoms with E-state index in [-0.39, 0.29) is 11.5 Å². The molecule has 2 aliphatic heterocycles. The first kappa shape index (κ1) is 19.2. The molecule has 3 aliphatic rings. The van der Waals surface area contributed by atoms with Gasteiger partial charge in [-0.3, -0.25) is 14.4 Å². The van der Waals surface area contributed by atoms with Gasteiger partial charge in [0.25, 0.3) is 0 Å². The molecule has 0 aromatic carbocycles. The van der Waals surface area contributed by atoms with Gasteiger partial charge in [-0.05, 0) is 39.5 Å². The maximum Gasteiger partial charge on any atom is 0.232 e. The average molecular weight is 414 g/mol. The van der Waals surface area contributed by atoms with Gasteiger partial charge in [0.2, 0.25) is 5.91 Å². The molecule has 2 aromatic heterocycles. The van der Waals surface area contributed by atoms with Gasteiger partial charge in [0.15, 0.2) is 0 Å². The van der Waals surface area contributed by atoms with Crippen LogP contribution in [0.3, 0.4) is 0 Å². The SMILES string of the molecule is CCn1cc(CN2CCC(N3C(=O)C4(CCCC4)C3c3scnc3C)CC2)cn1. The summed E-state index contributed by atoms with van der Waals surface area (Å²) >= 11 is 1.75. The molecule has 0 bridgehead atoms. The highest BCUT2D eigenvalue weighted by Crippen LogP contribution is 2.61. The molecule has 7 heteroatoms. The van der Waals surface area contributed by atoms with E-state index in [0.29, 0.717) is 11.9 Å². The van der Waals surface area contributed by atoms with E-state index in [0.717, 1.165) is 57.6 Å². The molecule has 3 fully saturated rings. The van der Waals surface area contributed by atoms with Gasteiger partial charge in [0.1, 0.15) is 0 Å². The molecule has 4 heterocycles. The highest BCUT2D eigenvalue weighted by Gasteiger charge is 2.63. The number of thiazole rings is 1. The van der Waals surface area contributed by atoms with E-state index >= 15 is 0 Å². The van der Waals surface area contributed by atoms with Crippen LogP contribution in [0.2, 0.25) is 0 Å². The lowest BCUT2D eigenvalue weighted by atomic mass is 9.67. The third-order valence-corrected chi connectivity index (χ3v) is 8.34. The van der Waals surface area contributed by atoms with E-state index < -0.39 is 0 Å². The average Bonchev–Trinajstić information content (AvgIpc) is 3.48. The zero-order valence-electron chi connectivity index (χ0n) is 17.5. The summed E-state index contributed by atoms with van der Waals surface area (Å²) in [5.41, 5.74) is 4.24. The van der Waals surface area contributed by atoms with Crippen molar-refractivity contribution in [1.29, 1.82) is 0 Å². The first-order valence-corrected chi connectivity index (χ1v) is 12.0. The Balaban J connectivity index is 1.28. The van der Waals surface area contributed by atoms with Gasteiger partial charge in [0, 0.05) is 44.0 Å². The molecule has 2 aromatic rings. The van der Waals surface area contributed by atoms with Gasteiger partial charge in [-0.2, -0.15) is 5.10 Å². The molecule has 1 saturated carbocycles. The number of piperidine rings is 1. The Morgan fingerprint density at radius 2 is 2.00 bits per heavy atom. The van der Waals surface area contributed by atoms with Crippen LogP contribution in [0.15, 0.2) is 17.9 Å². The lowest BCUT2D eigenvalue weighted by Crippen LogP contribution is -2.66. The summed E-state index contributed by atoms with van der Waals surface area (Å²) in [5, 5.41) is 4.40. The van der Waals surface area contributed by atoms with Gasteiger partial charge >= 0.3 is 0 Å². The Labute approximate surface area is 176 Å². The number of aryl methyl sites for hydroxylation is 2. The van der Waals surface area contributed by atoms with Crippen LogP contribution >= 0.6 is 11.3 Å². The van der Waals surface area contributed by atoms with Crippen molar-refractivity contribution in [2.45, 2.75) is 77.5 Å². The number of rotatable bonds is 5. The van der Waals surface area contributed by atoms with E-state index in [1.807, 2.05) is 16.4 Å². The third-order valence-electron chi connectivity index (χ3n) is 7.36. The standard InChI is InChI=1S/C22H31N5OS/c1-3-26-14-17(12-24-26)13-25-10-6-18(7-11-25)27-20(19-16(2)23-15-29-19)22(21(27)28)8-4-5-9-22/h12,14-15,18,20H,3-11,13H2,1-2H3. The molecule has 1 atom stereocenters. The number of amides is 1. The fourth-order valence-electron chi connectivity index (χ4n) is 5.79. The fraction of sp³-hybridized carbons (Fsp3) is 0.682. The minimum Gasteiger partial charge on any atom is -0.330 e. The number of hydrogen-bond acceptors (Lipinski definition) is 5. The topological polar surface area (TPSA) is 54.3 Å². The van der Waals surface area contributed by atoms with E-state index in [4.69, 9.17) is 0 Å². The number of nitrogens with zero attached hydrogens (tertiary/aromatic N) is 5. The fourth-order valence-corrected chi connectivity index (χ4v) is 6.80. The van der Waals surface area contributed by atoms with Gasteiger partial charge in [-0.15, -0.1) is 11.3 Å². The molecule has 1 unspecified atom stereocenters. The van der Waals surface area contributed by atoms with Crippen LogP contribution in [0.4, 0.5) is 0 Å². The lowest BCUT2D eigenvalue weighted by Gasteiger charge is -2.58. The second-order valence-electron chi connectivity index (χ2n) is 8.99. The van der Waals surface area contributed by atoms with Crippen LogP contribution in [-0.2, 0) is 17.9 Å². The van der Waals surface area contributed by atoms with Gasteiger partial charge < -0.3 is 4.90 Å². The Bertz CT molecular complexity index is 875. The van der Waals surface area contributed by atoms with Crippen molar-refractivity contribution >= 4 is 17.2 Å². The molecule has 2 saturated heterocycles. The van der Waals surface area contributed by atoms with Crippen molar-refractivity contribution in [2.75, 3.05) is 13.1 Å². The Morgan fingerprint density at radius 3 is 2.62 bits per heavy atom. The van der Waals surface area contributed by atoms with Crippen molar-refractivity contribution in [3.63, 3.8) is 0 Å². The minimum atomic E-state index is -0.122.